The van der Waals surface area contributed by atoms with Crippen LogP contribution in [0.2, 0.25) is 0 Å². The van der Waals surface area contributed by atoms with Gasteiger partial charge >= 0.3 is 5.97 Å². The quantitative estimate of drug-likeness (QED) is 0.433. The molecule has 14 heavy (non-hydrogen) atoms. The van der Waals surface area contributed by atoms with Gasteiger partial charge in [0.25, 0.3) is 0 Å². The van der Waals surface area contributed by atoms with Crippen molar-refractivity contribution in [2.24, 2.45) is 0 Å². The van der Waals surface area contributed by atoms with Gasteiger partial charge in [0.1, 0.15) is 6.61 Å². The molecule has 0 aromatic rings. The topological polar surface area (TPSA) is 55.8 Å². The van der Waals surface area contributed by atoms with Crippen molar-refractivity contribution in [3.05, 3.63) is 12.8 Å². The molecule has 0 radical (unpaired) electrons. The lowest BCUT2D eigenvalue weighted by atomic mass is 10.2. The van der Waals surface area contributed by atoms with Crippen molar-refractivity contribution in [2.45, 2.75) is 25.7 Å². The van der Waals surface area contributed by atoms with Crippen LogP contribution in [0.15, 0.2) is 12.8 Å². The summed E-state index contributed by atoms with van der Waals surface area (Å²) in [6, 6.07) is 0. The smallest absolute Gasteiger partial charge is 0.303 e. The first-order chi connectivity index (χ1) is 6.77. The molecule has 0 aromatic heterocycles. The van der Waals surface area contributed by atoms with E-state index in [0.29, 0.717) is 19.8 Å². The number of carboxylic acid groups (broad SMARTS) is 1. The van der Waals surface area contributed by atoms with Gasteiger partial charge in [0.15, 0.2) is 0 Å². The third kappa shape index (κ3) is 11.0. The Hall–Kier alpha value is -1.03. The Morgan fingerprint density at radius 3 is 2.64 bits per heavy atom. The Balaban J connectivity index is 2.92. The van der Waals surface area contributed by atoms with Crippen molar-refractivity contribution < 1.29 is 19.4 Å². The van der Waals surface area contributed by atoms with E-state index in [-0.39, 0.29) is 6.42 Å². The van der Waals surface area contributed by atoms with E-state index in [1.165, 1.54) is 6.26 Å². The molecule has 0 aliphatic heterocycles. The molecule has 0 saturated heterocycles. The Labute approximate surface area is 84.5 Å². The molecule has 82 valence electrons. The second-order valence-corrected chi connectivity index (χ2v) is 2.85. The van der Waals surface area contributed by atoms with Gasteiger partial charge in [-0.2, -0.15) is 0 Å². The predicted octanol–water partition coefficient (Wildman–Crippen LogP) is 1.81. The fourth-order valence-corrected chi connectivity index (χ4v) is 0.950. The highest BCUT2D eigenvalue weighted by Gasteiger charge is 1.96. The summed E-state index contributed by atoms with van der Waals surface area (Å²) in [5.41, 5.74) is 0. The molecule has 4 heteroatoms. The van der Waals surface area contributed by atoms with Crippen LogP contribution in [0.3, 0.4) is 0 Å². The molecular formula is C10H18O4. The lowest BCUT2D eigenvalue weighted by Gasteiger charge is -2.03. The molecule has 0 spiro atoms. The van der Waals surface area contributed by atoms with Crippen LogP contribution >= 0.6 is 0 Å². The van der Waals surface area contributed by atoms with E-state index in [1.54, 1.807) is 0 Å². The van der Waals surface area contributed by atoms with Crippen LogP contribution in [-0.2, 0) is 14.3 Å². The summed E-state index contributed by atoms with van der Waals surface area (Å²) in [6.45, 7) is 5.16. The van der Waals surface area contributed by atoms with Gasteiger partial charge in [0.05, 0.1) is 12.9 Å². The van der Waals surface area contributed by atoms with E-state index in [1.807, 2.05) is 0 Å². The zero-order valence-electron chi connectivity index (χ0n) is 8.41. The maximum Gasteiger partial charge on any atom is 0.303 e. The van der Waals surface area contributed by atoms with Crippen molar-refractivity contribution in [2.75, 3.05) is 19.8 Å². The number of hydrogen-bond donors (Lipinski definition) is 1. The van der Waals surface area contributed by atoms with Crippen molar-refractivity contribution in [1.29, 1.82) is 0 Å². The van der Waals surface area contributed by atoms with Crippen molar-refractivity contribution >= 4 is 5.97 Å². The lowest BCUT2D eigenvalue weighted by Crippen LogP contribution is -2.02. The Morgan fingerprint density at radius 1 is 1.21 bits per heavy atom. The van der Waals surface area contributed by atoms with E-state index in [0.717, 1.165) is 19.3 Å². The summed E-state index contributed by atoms with van der Waals surface area (Å²) >= 11 is 0. The molecule has 0 unspecified atom stereocenters. The second-order valence-electron chi connectivity index (χ2n) is 2.85. The number of unbranched alkanes of at least 4 members (excludes halogenated alkanes) is 2. The van der Waals surface area contributed by atoms with Gasteiger partial charge in [-0.25, -0.2) is 0 Å². The maximum absolute atomic E-state index is 10.1. The van der Waals surface area contributed by atoms with Crippen LogP contribution in [0.25, 0.3) is 0 Å². The first-order valence-corrected chi connectivity index (χ1v) is 4.79. The van der Waals surface area contributed by atoms with Gasteiger partial charge in [-0.1, -0.05) is 13.0 Å². The molecule has 0 fully saturated rings. The van der Waals surface area contributed by atoms with E-state index in [4.69, 9.17) is 14.6 Å². The van der Waals surface area contributed by atoms with Crippen molar-refractivity contribution in [3.8, 4) is 0 Å². The zero-order chi connectivity index (χ0) is 10.6. The van der Waals surface area contributed by atoms with Crippen molar-refractivity contribution in [3.63, 3.8) is 0 Å². The largest absolute Gasteiger partial charge is 0.499 e. The molecule has 0 aromatic carbocycles. The van der Waals surface area contributed by atoms with E-state index in [2.05, 4.69) is 6.58 Å². The van der Waals surface area contributed by atoms with E-state index in [9.17, 15) is 4.79 Å². The van der Waals surface area contributed by atoms with Crippen LogP contribution in [0.1, 0.15) is 25.7 Å². The average molecular weight is 202 g/mol. The zero-order valence-corrected chi connectivity index (χ0v) is 8.41. The summed E-state index contributed by atoms with van der Waals surface area (Å²) < 4.78 is 10.1. The lowest BCUT2D eigenvalue weighted by molar-refractivity contribution is -0.137. The molecule has 0 aliphatic rings. The minimum absolute atomic E-state index is 0.250. The average Bonchev–Trinajstić information content (AvgIpc) is 2.15. The molecule has 0 atom stereocenters. The molecule has 0 aliphatic carbocycles. The molecule has 0 bridgehead atoms. The molecular weight excluding hydrogens is 184 g/mol. The Morgan fingerprint density at radius 2 is 2.00 bits per heavy atom. The molecule has 0 saturated carbocycles. The van der Waals surface area contributed by atoms with Gasteiger partial charge in [0.2, 0.25) is 0 Å². The highest BCUT2D eigenvalue weighted by molar-refractivity contribution is 5.66. The highest BCUT2D eigenvalue weighted by atomic mass is 16.5. The minimum Gasteiger partial charge on any atom is -0.499 e. The summed E-state index contributed by atoms with van der Waals surface area (Å²) in [6.07, 6.45) is 4.16. The van der Waals surface area contributed by atoms with E-state index < -0.39 is 5.97 Å². The number of hydrogen-bond acceptors (Lipinski definition) is 3. The fourth-order valence-electron chi connectivity index (χ4n) is 0.950. The molecule has 0 heterocycles. The number of carboxylic acids is 1. The SMILES string of the molecule is C=COCCOCCCCCC(=O)O. The van der Waals surface area contributed by atoms with Gasteiger partial charge in [0, 0.05) is 13.0 Å². The third-order valence-corrected chi connectivity index (χ3v) is 1.64. The maximum atomic E-state index is 10.1. The summed E-state index contributed by atoms with van der Waals surface area (Å²) in [7, 11) is 0. The van der Waals surface area contributed by atoms with Crippen LogP contribution in [0, 0.1) is 0 Å². The summed E-state index contributed by atoms with van der Waals surface area (Å²) in [5.74, 6) is -0.731. The number of aliphatic carboxylic acids is 1. The monoisotopic (exact) mass is 202 g/mol. The number of ether oxygens (including phenoxy) is 2. The Kier molecular flexibility index (Phi) is 9.31. The van der Waals surface area contributed by atoms with Gasteiger partial charge in [-0.05, 0) is 12.8 Å². The second kappa shape index (κ2) is 10.1. The fraction of sp³-hybridized carbons (Fsp3) is 0.700. The van der Waals surface area contributed by atoms with Crippen LogP contribution in [0.5, 0.6) is 0 Å². The number of rotatable bonds is 10. The number of carbonyl (C=O) groups is 1. The summed E-state index contributed by atoms with van der Waals surface area (Å²) in [5, 5.41) is 8.36. The normalized spacial score (nSPS) is 9.71. The van der Waals surface area contributed by atoms with Crippen LogP contribution in [-0.4, -0.2) is 30.9 Å². The molecule has 4 nitrogen and oxygen atoms in total. The Bertz CT molecular complexity index is 156. The minimum atomic E-state index is -0.731. The van der Waals surface area contributed by atoms with Gasteiger partial charge in [-0.15, -0.1) is 0 Å². The molecule has 0 rings (SSSR count). The third-order valence-electron chi connectivity index (χ3n) is 1.64. The molecule has 1 N–H and O–H groups in total. The van der Waals surface area contributed by atoms with E-state index >= 15 is 0 Å². The standard InChI is InChI=1S/C10H18O4/c1-2-13-8-9-14-7-5-3-4-6-10(11)12/h2H,1,3-9H2,(H,11,12). The molecule has 0 amide bonds. The first kappa shape index (κ1) is 13.0. The predicted molar refractivity (Wildman–Crippen MR) is 53.1 cm³/mol. The van der Waals surface area contributed by atoms with Crippen molar-refractivity contribution in [1.82, 2.24) is 0 Å². The summed E-state index contributed by atoms with van der Waals surface area (Å²) in [4.78, 5) is 10.1. The van der Waals surface area contributed by atoms with Gasteiger partial charge < -0.3 is 14.6 Å². The highest BCUT2D eigenvalue weighted by Crippen LogP contribution is 1.99. The van der Waals surface area contributed by atoms with Gasteiger partial charge in [-0.3, -0.25) is 4.79 Å². The van der Waals surface area contributed by atoms with Crippen LogP contribution < -0.4 is 0 Å². The first-order valence-electron chi connectivity index (χ1n) is 4.79. The van der Waals surface area contributed by atoms with Crippen LogP contribution in [0.4, 0.5) is 0 Å².